The maximum atomic E-state index is 13.9. The summed E-state index contributed by atoms with van der Waals surface area (Å²) in [6, 6.07) is 1.96. The molecule has 3 aliphatic carbocycles. The van der Waals surface area contributed by atoms with E-state index < -0.39 is 57.5 Å². The van der Waals surface area contributed by atoms with Crippen molar-refractivity contribution in [2.24, 2.45) is 17.1 Å². The Balaban J connectivity index is 2.08. The van der Waals surface area contributed by atoms with E-state index in [4.69, 9.17) is 10.5 Å². The molecular weight excluding hydrogens is 470 g/mol. The first-order valence-electron chi connectivity index (χ1n) is 11.4. The molecule has 0 saturated carbocycles. The number of ketones is 2. The monoisotopic (exact) mass is 501 g/mol. The number of aromatic hydroxyl groups is 1. The second kappa shape index (κ2) is 8.32. The number of benzene rings is 1. The topological polar surface area (TPSA) is 174 Å². The van der Waals surface area contributed by atoms with Gasteiger partial charge in [0.2, 0.25) is 5.78 Å². The number of phenols is 1. The van der Waals surface area contributed by atoms with E-state index in [9.17, 15) is 34.8 Å². The minimum absolute atomic E-state index is 0.0440. The molecule has 4 rings (SSSR count). The molecule has 0 aromatic heterocycles. The van der Waals surface area contributed by atoms with Gasteiger partial charge in [0.15, 0.2) is 11.4 Å². The highest BCUT2D eigenvalue weighted by Gasteiger charge is 2.66. The lowest BCUT2D eigenvalue weighted by Gasteiger charge is -2.54. The van der Waals surface area contributed by atoms with Crippen molar-refractivity contribution in [2.75, 3.05) is 46.8 Å². The number of aliphatic hydroxyl groups is 3. The zero-order valence-electron chi connectivity index (χ0n) is 20.8. The van der Waals surface area contributed by atoms with Crippen molar-refractivity contribution >= 4 is 23.2 Å². The molecule has 11 nitrogen and oxygen atoms in total. The number of rotatable bonds is 5. The molecule has 4 atom stereocenters. The predicted molar refractivity (Wildman–Crippen MR) is 129 cm³/mol. The molecule has 0 radical (unpaired) electrons. The smallest absolute Gasteiger partial charge is 0.255 e. The van der Waals surface area contributed by atoms with Gasteiger partial charge < -0.3 is 35.8 Å². The molecule has 0 heterocycles. The largest absolute Gasteiger partial charge is 0.510 e. The van der Waals surface area contributed by atoms with Crippen molar-refractivity contribution in [3.05, 3.63) is 45.9 Å². The molecule has 1 amide bonds. The van der Waals surface area contributed by atoms with Crippen molar-refractivity contribution in [3.8, 4) is 5.75 Å². The van der Waals surface area contributed by atoms with Crippen molar-refractivity contribution in [2.45, 2.75) is 24.5 Å². The number of fused-ring (bicyclic) bond motifs is 3. The van der Waals surface area contributed by atoms with Crippen LogP contribution >= 0.6 is 0 Å². The maximum Gasteiger partial charge on any atom is 0.255 e. The van der Waals surface area contributed by atoms with Gasteiger partial charge in [0.1, 0.15) is 22.8 Å². The standard InChI is InChI=1S/C25H31N3O8/c1-27(2)13-6-7-14(29)15-11(13)8-24(10-36-5)9-12-18(28(3)4)20(31)16(23(26)34)21(32)25(12,35)22(33)17(24)19(15)30/h6-7,12,18,29,31,33,35H,8-10H2,1-5H3,(H2,26,34)/t12-,18-,24-,25+/m0/s1. The quantitative estimate of drug-likeness (QED) is 0.351. The zero-order chi connectivity index (χ0) is 26.9. The van der Waals surface area contributed by atoms with E-state index in [2.05, 4.69) is 0 Å². The SMILES string of the molecule is COC[C@@]12Cc3c(N(C)C)ccc(O)c3C(=O)C1=C(O)[C@]1(O)C(=O)C(C(N)=O)=C(O)[C@@H](N(C)C)[C@@H]1C2. The second-order valence-electron chi connectivity index (χ2n) is 10.2. The number of likely N-dealkylation sites (N-methyl/N-ethyl adjacent to an activating group) is 1. The van der Waals surface area contributed by atoms with E-state index in [1.54, 1.807) is 39.2 Å². The number of hydrogen-bond acceptors (Lipinski definition) is 10. The van der Waals surface area contributed by atoms with Crippen molar-refractivity contribution in [1.29, 1.82) is 0 Å². The Morgan fingerprint density at radius 1 is 1.17 bits per heavy atom. The molecule has 0 fully saturated rings. The number of Topliss-reactive ketones (excluding diaryl/α,β-unsaturated/α-hetero) is 2. The Bertz CT molecular complexity index is 1250. The number of phenolic OH excluding ortho intramolecular Hbond substituents is 1. The van der Waals surface area contributed by atoms with Gasteiger partial charge in [-0.2, -0.15) is 0 Å². The Hall–Kier alpha value is -3.41. The molecule has 11 heteroatoms. The average Bonchev–Trinajstić information content (AvgIpc) is 2.76. The van der Waals surface area contributed by atoms with Crippen LogP contribution in [0.1, 0.15) is 22.3 Å². The van der Waals surface area contributed by atoms with Crippen molar-refractivity contribution in [3.63, 3.8) is 0 Å². The van der Waals surface area contributed by atoms with E-state index >= 15 is 0 Å². The number of ether oxygens (including phenoxy) is 1. The van der Waals surface area contributed by atoms with Crippen molar-refractivity contribution < 1.29 is 39.5 Å². The summed E-state index contributed by atoms with van der Waals surface area (Å²) in [5, 5.41) is 44.9. The summed E-state index contributed by atoms with van der Waals surface area (Å²) in [7, 11) is 8.17. The first-order valence-corrected chi connectivity index (χ1v) is 11.4. The first kappa shape index (κ1) is 25.7. The highest BCUT2D eigenvalue weighted by Crippen LogP contribution is 2.58. The number of anilines is 1. The summed E-state index contributed by atoms with van der Waals surface area (Å²) in [6.45, 7) is -0.0613. The van der Waals surface area contributed by atoms with Crippen LogP contribution in [0.15, 0.2) is 34.8 Å². The summed E-state index contributed by atoms with van der Waals surface area (Å²) in [4.78, 5) is 42.8. The molecule has 0 bridgehead atoms. The van der Waals surface area contributed by atoms with Gasteiger partial charge in [-0.3, -0.25) is 19.3 Å². The van der Waals surface area contributed by atoms with Gasteiger partial charge in [-0.05, 0) is 44.6 Å². The molecular formula is C25H31N3O8. The van der Waals surface area contributed by atoms with E-state index in [1.807, 2.05) is 0 Å². The number of aliphatic hydroxyl groups excluding tert-OH is 2. The van der Waals surface area contributed by atoms with Gasteiger partial charge >= 0.3 is 0 Å². The van der Waals surface area contributed by atoms with Gasteiger partial charge in [-0.25, -0.2) is 0 Å². The van der Waals surface area contributed by atoms with E-state index in [1.165, 1.54) is 18.1 Å². The number of nitrogens with two attached hydrogens (primary N) is 1. The van der Waals surface area contributed by atoms with Gasteiger partial charge in [0.05, 0.1) is 23.8 Å². The first-order chi connectivity index (χ1) is 16.7. The highest BCUT2D eigenvalue weighted by molar-refractivity contribution is 6.25. The molecule has 0 saturated heterocycles. The third kappa shape index (κ3) is 3.19. The maximum absolute atomic E-state index is 13.9. The summed E-state index contributed by atoms with van der Waals surface area (Å²) in [5.41, 5.74) is 1.51. The molecule has 6 N–H and O–H groups in total. The van der Waals surface area contributed by atoms with Gasteiger partial charge in [-0.1, -0.05) is 0 Å². The normalized spacial score (nSPS) is 29.8. The van der Waals surface area contributed by atoms with Crippen LogP contribution in [-0.4, -0.2) is 96.3 Å². The van der Waals surface area contributed by atoms with Crippen LogP contribution in [0, 0.1) is 11.3 Å². The van der Waals surface area contributed by atoms with Crippen LogP contribution in [-0.2, 0) is 20.7 Å². The Morgan fingerprint density at radius 3 is 2.33 bits per heavy atom. The number of methoxy groups -OCH3 is 1. The van der Waals surface area contributed by atoms with Gasteiger partial charge in [0, 0.05) is 38.2 Å². The van der Waals surface area contributed by atoms with Gasteiger partial charge in [0.25, 0.3) is 5.91 Å². The fourth-order valence-corrected chi connectivity index (χ4v) is 6.30. The van der Waals surface area contributed by atoms with Crippen LogP contribution in [0.25, 0.3) is 0 Å². The van der Waals surface area contributed by atoms with Crippen molar-refractivity contribution in [1.82, 2.24) is 4.90 Å². The second-order valence-corrected chi connectivity index (χ2v) is 10.2. The van der Waals surface area contributed by atoms with Crippen LogP contribution in [0.5, 0.6) is 5.75 Å². The third-order valence-electron chi connectivity index (χ3n) is 7.71. The van der Waals surface area contributed by atoms with Crippen LogP contribution in [0.4, 0.5) is 5.69 Å². The summed E-state index contributed by atoms with van der Waals surface area (Å²) in [6.07, 6.45) is 0.0758. The zero-order valence-corrected chi connectivity index (χ0v) is 20.8. The molecule has 1 aromatic carbocycles. The van der Waals surface area contributed by atoms with E-state index in [0.29, 0.717) is 11.3 Å². The molecule has 0 unspecified atom stereocenters. The Labute approximate surface area is 208 Å². The Kier molecular flexibility index (Phi) is 5.94. The fraction of sp³-hybridized carbons (Fsp3) is 0.480. The van der Waals surface area contributed by atoms with Crippen LogP contribution in [0.2, 0.25) is 0 Å². The van der Waals surface area contributed by atoms with E-state index in [0.717, 1.165) is 0 Å². The molecule has 0 spiro atoms. The minimum atomic E-state index is -2.71. The van der Waals surface area contributed by atoms with Gasteiger partial charge in [-0.15, -0.1) is 0 Å². The van der Waals surface area contributed by atoms with Crippen LogP contribution in [0.3, 0.4) is 0 Å². The lowest BCUT2D eigenvalue weighted by Crippen LogP contribution is -2.66. The summed E-state index contributed by atoms with van der Waals surface area (Å²) in [5.74, 6) is -6.30. The third-order valence-corrected chi connectivity index (χ3v) is 7.71. The number of carbonyl (C=O) groups is 3. The minimum Gasteiger partial charge on any atom is -0.510 e. The predicted octanol–water partition coefficient (Wildman–Crippen LogP) is 0.203. The highest BCUT2D eigenvalue weighted by atomic mass is 16.5. The molecule has 194 valence electrons. The number of carbonyl (C=O) groups excluding carboxylic acids is 3. The fourth-order valence-electron chi connectivity index (χ4n) is 6.30. The Morgan fingerprint density at radius 2 is 1.81 bits per heavy atom. The lowest BCUT2D eigenvalue weighted by atomic mass is 9.52. The average molecular weight is 502 g/mol. The lowest BCUT2D eigenvalue weighted by molar-refractivity contribution is -0.151. The van der Waals surface area contributed by atoms with E-state index in [-0.39, 0.29) is 36.3 Å². The number of amides is 1. The molecule has 36 heavy (non-hydrogen) atoms. The summed E-state index contributed by atoms with van der Waals surface area (Å²) >= 11 is 0. The van der Waals surface area contributed by atoms with Crippen LogP contribution < -0.4 is 10.6 Å². The summed E-state index contributed by atoms with van der Waals surface area (Å²) < 4.78 is 5.50. The molecule has 3 aliphatic rings. The number of primary amides is 1. The molecule has 0 aliphatic heterocycles. The number of hydrogen-bond donors (Lipinski definition) is 5. The number of nitrogens with zero attached hydrogens (tertiary/aromatic N) is 2. The molecule has 1 aromatic rings.